The maximum Gasteiger partial charge on any atom is 0.245 e. The number of hydrogen-bond acceptors (Lipinski definition) is 2. The molecule has 0 fully saturated rings. The zero-order valence-electron chi connectivity index (χ0n) is 17.9. The highest BCUT2D eigenvalue weighted by molar-refractivity contribution is 7.94. The summed E-state index contributed by atoms with van der Waals surface area (Å²) < 4.78 is 29.2. The molecule has 1 aliphatic carbocycles. The fraction of sp³-hybridized carbons (Fsp3) is 0.143. The Kier molecular flexibility index (Phi) is 5.10. The number of fused-ring (bicyclic) bond motifs is 1. The Morgan fingerprint density at radius 3 is 2.28 bits per heavy atom. The molecule has 5 rings (SSSR count). The molecule has 0 amide bonds. The highest BCUT2D eigenvalue weighted by Crippen LogP contribution is 2.49. The van der Waals surface area contributed by atoms with Gasteiger partial charge in [0.15, 0.2) is 0 Å². The molecule has 0 radical (unpaired) electrons. The fourth-order valence-electron chi connectivity index (χ4n) is 4.82. The summed E-state index contributed by atoms with van der Waals surface area (Å²) in [4.78, 5) is 0. The van der Waals surface area contributed by atoms with Gasteiger partial charge in [0.05, 0.1) is 12.2 Å². The van der Waals surface area contributed by atoms with Crippen molar-refractivity contribution in [2.45, 2.75) is 17.6 Å². The summed E-state index contributed by atoms with van der Waals surface area (Å²) in [6.07, 6.45) is 9.71. The maximum absolute atomic E-state index is 14.4. The summed E-state index contributed by atoms with van der Waals surface area (Å²) in [6, 6.07) is 27.7. The molecule has 1 aliphatic heterocycles. The fourth-order valence-corrected chi connectivity index (χ4v) is 6.82. The zero-order chi connectivity index (χ0) is 22.2. The second-order valence-corrected chi connectivity index (χ2v) is 10.6. The van der Waals surface area contributed by atoms with Gasteiger partial charge in [0.25, 0.3) is 0 Å². The van der Waals surface area contributed by atoms with Crippen molar-refractivity contribution in [1.82, 2.24) is 0 Å². The summed E-state index contributed by atoms with van der Waals surface area (Å²) in [5.41, 5.74) is 4.67. The third-order valence-corrected chi connectivity index (χ3v) is 8.86. The average molecular weight is 440 g/mol. The second kappa shape index (κ2) is 7.95. The van der Waals surface area contributed by atoms with Crippen molar-refractivity contribution in [2.24, 2.45) is 0 Å². The number of allylic oxidation sites excluding steroid dienone is 3. The molecule has 0 bridgehead atoms. The van der Waals surface area contributed by atoms with E-state index >= 15 is 0 Å². The summed E-state index contributed by atoms with van der Waals surface area (Å²) in [5, 5.41) is 0. The van der Waals surface area contributed by atoms with Gasteiger partial charge in [-0.1, -0.05) is 109 Å². The summed E-state index contributed by atoms with van der Waals surface area (Å²) in [6.45, 7) is 2.18. The van der Waals surface area contributed by atoms with Crippen LogP contribution in [0.4, 0.5) is 5.69 Å². The Morgan fingerprint density at radius 1 is 0.875 bits per heavy atom. The number of rotatable bonds is 4. The highest BCUT2D eigenvalue weighted by atomic mass is 32.2. The topological polar surface area (TPSA) is 37.4 Å². The predicted molar refractivity (Wildman–Crippen MR) is 133 cm³/mol. The molecule has 0 saturated carbocycles. The predicted octanol–water partition coefficient (Wildman–Crippen LogP) is 6.05. The molecule has 0 aromatic heterocycles. The van der Waals surface area contributed by atoms with E-state index < -0.39 is 14.8 Å². The second-order valence-electron chi connectivity index (χ2n) is 8.37. The first-order valence-corrected chi connectivity index (χ1v) is 12.2. The van der Waals surface area contributed by atoms with Gasteiger partial charge in [-0.15, -0.1) is 0 Å². The van der Waals surface area contributed by atoms with Crippen molar-refractivity contribution >= 4 is 27.4 Å². The van der Waals surface area contributed by atoms with E-state index in [2.05, 4.69) is 0 Å². The Balaban J connectivity index is 1.69. The largest absolute Gasteiger partial charge is 0.265 e. The number of benzene rings is 3. The van der Waals surface area contributed by atoms with Gasteiger partial charge in [-0.2, -0.15) is 0 Å². The van der Waals surface area contributed by atoms with Gasteiger partial charge in [-0.25, -0.2) is 8.42 Å². The van der Waals surface area contributed by atoms with E-state index in [-0.39, 0.29) is 5.92 Å². The van der Waals surface area contributed by atoms with Crippen molar-refractivity contribution in [3.05, 3.63) is 126 Å². The molecular formula is C28H25NO2S. The molecule has 0 spiro atoms. The van der Waals surface area contributed by atoms with Crippen LogP contribution in [0.25, 0.3) is 11.6 Å². The van der Waals surface area contributed by atoms with Crippen molar-refractivity contribution in [3.8, 4) is 0 Å². The van der Waals surface area contributed by atoms with Crippen LogP contribution in [0.1, 0.15) is 29.5 Å². The van der Waals surface area contributed by atoms with Gasteiger partial charge in [0, 0.05) is 5.92 Å². The lowest BCUT2D eigenvalue weighted by molar-refractivity contribution is 0.544. The van der Waals surface area contributed by atoms with Gasteiger partial charge < -0.3 is 0 Å². The molecule has 0 saturated heterocycles. The van der Waals surface area contributed by atoms with E-state index in [9.17, 15) is 8.42 Å². The smallest absolute Gasteiger partial charge is 0.245 e. The molecule has 4 heteroatoms. The van der Waals surface area contributed by atoms with E-state index in [1.165, 1.54) is 0 Å². The van der Waals surface area contributed by atoms with Crippen LogP contribution >= 0.6 is 0 Å². The molecule has 2 unspecified atom stereocenters. The third kappa shape index (κ3) is 3.23. The molecule has 160 valence electrons. The molecular weight excluding hydrogens is 414 g/mol. The van der Waals surface area contributed by atoms with E-state index in [1.54, 1.807) is 4.31 Å². The van der Waals surface area contributed by atoms with Gasteiger partial charge in [0.2, 0.25) is 10.0 Å². The summed E-state index contributed by atoms with van der Waals surface area (Å²) >= 11 is 0. The van der Waals surface area contributed by atoms with Gasteiger partial charge in [-0.3, -0.25) is 4.31 Å². The standard InChI is InChI=1S/C28H25NO2S/c1-28(32(30,31)29-21-11-17-23-14-8-9-19-26(23)29)20-10-18-25(22-12-4-2-5-13-22)27(28)24-15-6-3-7-16-24/h2-20,27H,21H2,1H3. The van der Waals surface area contributed by atoms with Crippen molar-refractivity contribution < 1.29 is 8.42 Å². The Morgan fingerprint density at radius 2 is 1.53 bits per heavy atom. The lowest BCUT2D eigenvalue weighted by Crippen LogP contribution is -2.50. The SMILES string of the molecule is CC1(S(=O)(=O)N2CC=Cc3ccccc32)C=CC=C(c2ccccc2)C1c1ccccc1. The summed E-state index contributed by atoms with van der Waals surface area (Å²) in [7, 11) is -3.78. The van der Waals surface area contributed by atoms with E-state index in [4.69, 9.17) is 0 Å². The van der Waals surface area contributed by atoms with Gasteiger partial charge in [-0.05, 0) is 35.3 Å². The molecule has 1 heterocycles. The van der Waals surface area contributed by atoms with Crippen molar-refractivity contribution in [3.63, 3.8) is 0 Å². The average Bonchev–Trinajstić information content (AvgIpc) is 2.84. The first-order valence-electron chi connectivity index (χ1n) is 10.8. The number of sulfonamides is 1. The minimum atomic E-state index is -3.78. The molecule has 32 heavy (non-hydrogen) atoms. The molecule has 3 nitrogen and oxygen atoms in total. The van der Waals surface area contributed by atoms with Crippen LogP contribution < -0.4 is 4.31 Å². The minimum absolute atomic E-state index is 0.328. The van der Waals surface area contributed by atoms with Crippen LogP contribution in [-0.4, -0.2) is 19.7 Å². The Hall–Kier alpha value is -3.37. The van der Waals surface area contributed by atoms with Crippen molar-refractivity contribution in [1.29, 1.82) is 0 Å². The van der Waals surface area contributed by atoms with Crippen LogP contribution in [-0.2, 0) is 10.0 Å². The molecule has 3 aromatic rings. The lowest BCUT2D eigenvalue weighted by atomic mass is 9.75. The van der Waals surface area contributed by atoms with E-state index in [0.717, 1.165) is 28.0 Å². The van der Waals surface area contributed by atoms with Gasteiger partial charge in [0.1, 0.15) is 4.75 Å². The highest BCUT2D eigenvalue weighted by Gasteiger charge is 2.50. The maximum atomic E-state index is 14.4. The Labute approximate surface area is 190 Å². The van der Waals surface area contributed by atoms with Crippen LogP contribution in [0.2, 0.25) is 0 Å². The minimum Gasteiger partial charge on any atom is -0.265 e. The quantitative estimate of drug-likeness (QED) is 0.497. The van der Waals surface area contributed by atoms with Crippen LogP contribution in [0.3, 0.4) is 0 Å². The number of para-hydroxylation sites is 1. The molecule has 2 atom stereocenters. The molecule has 3 aromatic carbocycles. The molecule has 2 aliphatic rings. The lowest BCUT2D eigenvalue weighted by Gasteiger charge is -2.43. The first-order chi connectivity index (χ1) is 15.5. The number of hydrogen-bond donors (Lipinski definition) is 0. The van der Waals surface area contributed by atoms with Crippen LogP contribution in [0.5, 0.6) is 0 Å². The molecule has 0 N–H and O–H groups in total. The van der Waals surface area contributed by atoms with Crippen LogP contribution in [0, 0.1) is 0 Å². The first kappa shape index (κ1) is 20.5. The zero-order valence-corrected chi connectivity index (χ0v) is 18.7. The monoisotopic (exact) mass is 439 g/mol. The Bertz CT molecular complexity index is 1320. The van der Waals surface area contributed by atoms with E-state index in [0.29, 0.717) is 6.54 Å². The number of nitrogens with zero attached hydrogens (tertiary/aromatic N) is 1. The third-order valence-electron chi connectivity index (χ3n) is 6.45. The van der Waals surface area contributed by atoms with E-state index in [1.807, 2.05) is 122 Å². The van der Waals surface area contributed by atoms with Crippen LogP contribution in [0.15, 0.2) is 109 Å². The van der Waals surface area contributed by atoms with Gasteiger partial charge >= 0.3 is 0 Å². The summed E-state index contributed by atoms with van der Waals surface area (Å²) in [5.74, 6) is -0.348. The normalized spacial score (nSPS) is 22.3. The van der Waals surface area contributed by atoms with Crippen molar-refractivity contribution in [2.75, 3.05) is 10.8 Å². The number of anilines is 1.